The van der Waals surface area contributed by atoms with E-state index in [-0.39, 0.29) is 29.3 Å². The highest BCUT2D eigenvalue weighted by atomic mass is 16.5. The summed E-state index contributed by atoms with van der Waals surface area (Å²) in [7, 11) is 0. The summed E-state index contributed by atoms with van der Waals surface area (Å²) in [5.41, 5.74) is 1.04. The Bertz CT molecular complexity index is 1080. The van der Waals surface area contributed by atoms with Crippen LogP contribution in [-0.4, -0.2) is 33.7 Å². The molecule has 2 aromatic rings. The number of hydrogen-bond donors (Lipinski definition) is 2. The molecule has 0 aliphatic carbocycles. The van der Waals surface area contributed by atoms with Crippen LogP contribution in [0.5, 0.6) is 17.2 Å². The van der Waals surface area contributed by atoms with Crippen molar-refractivity contribution in [2.45, 2.75) is 51.7 Å². The van der Waals surface area contributed by atoms with Crippen LogP contribution < -0.4 is 9.47 Å². The molecule has 4 rings (SSSR count). The number of phenols is 1. The van der Waals surface area contributed by atoms with Crippen molar-refractivity contribution in [1.82, 2.24) is 0 Å². The summed E-state index contributed by atoms with van der Waals surface area (Å²) >= 11 is 0. The highest BCUT2D eigenvalue weighted by Gasteiger charge is 2.42. The number of hydrogen-bond acceptors (Lipinski definition) is 5. The number of benzene rings is 2. The Morgan fingerprint density at radius 2 is 1.84 bits per heavy atom. The molecular formula is C25H26O6. The van der Waals surface area contributed by atoms with Gasteiger partial charge in [0, 0.05) is 11.5 Å². The number of aromatic hydroxyl groups is 1. The average molecular weight is 422 g/mol. The van der Waals surface area contributed by atoms with Crippen LogP contribution in [0.2, 0.25) is 0 Å². The number of rotatable bonds is 4. The first kappa shape index (κ1) is 21.0. The summed E-state index contributed by atoms with van der Waals surface area (Å²) in [6.07, 6.45) is 2.89. The van der Waals surface area contributed by atoms with Crippen LogP contribution in [-0.2, 0) is 4.79 Å². The van der Waals surface area contributed by atoms with E-state index in [9.17, 15) is 19.8 Å². The molecule has 1 unspecified atom stereocenters. The van der Waals surface area contributed by atoms with E-state index < -0.39 is 29.5 Å². The third kappa shape index (κ3) is 3.56. The number of fused-ring (bicyclic) bond motifs is 2. The molecule has 162 valence electrons. The zero-order valence-corrected chi connectivity index (χ0v) is 18.0. The summed E-state index contributed by atoms with van der Waals surface area (Å²) in [4.78, 5) is 25.0. The molecule has 6 nitrogen and oxygen atoms in total. The van der Waals surface area contributed by atoms with E-state index in [0.717, 1.165) is 5.56 Å². The normalized spacial score (nSPS) is 22.0. The van der Waals surface area contributed by atoms with Crippen molar-refractivity contribution < 1.29 is 29.3 Å². The fraction of sp³-hybridized carbons (Fsp3) is 0.360. The summed E-state index contributed by atoms with van der Waals surface area (Å²) in [5, 5.41) is 20.7. The second-order valence-electron chi connectivity index (χ2n) is 8.79. The van der Waals surface area contributed by atoms with E-state index in [1.165, 1.54) is 0 Å². The monoisotopic (exact) mass is 422 g/mol. The SMILES string of the molecule is C[C@@H]1Oc2c(c(O)c3c(c2C(CC(=O)O)c2ccccc2)OC(C)(C)C=C3)C(=O)[C@@H]1C. The summed E-state index contributed by atoms with van der Waals surface area (Å²) in [5.74, 6) is -1.90. The van der Waals surface area contributed by atoms with Crippen molar-refractivity contribution in [3.8, 4) is 17.2 Å². The van der Waals surface area contributed by atoms with E-state index in [1.807, 2.05) is 44.2 Å². The molecule has 3 atom stereocenters. The van der Waals surface area contributed by atoms with E-state index in [0.29, 0.717) is 16.9 Å². The minimum absolute atomic E-state index is 0.0960. The van der Waals surface area contributed by atoms with Gasteiger partial charge >= 0.3 is 5.97 Å². The van der Waals surface area contributed by atoms with Crippen molar-refractivity contribution in [3.05, 3.63) is 58.7 Å². The maximum Gasteiger partial charge on any atom is 0.304 e. The van der Waals surface area contributed by atoms with Gasteiger partial charge in [0.2, 0.25) is 0 Å². The molecule has 0 saturated heterocycles. The van der Waals surface area contributed by atoms with Gasteiger partial charge in [-0.25, -0.2) is 0 Å². The maximum absolute atomic E-state index is 13.2. The predicted molar refractivity (Wildman–Crippen MR) is 116 cm³/mol. The van der Waals surface area contributed by atoms with Crippen molar-refractivity contribution in [1.29, 1.82) is 0 Å². The molecular weight excluding hydrogens is 396 g/mol. The third-order valence-electron chi connectivity index (χ3n) is 6.07. The van der Waals surface area contributed by atoms with Crippen molar-refractivity contribution in [2.24, 2.45) is 5.92 Å². The van der Waals surface area contributed by atoms with E-state index in [1.54, 1.807) is 26.0 Å². The summed E-state index contributed by atoms with van der Waals surface area (Å²) < 4.78 is 12.4. The van der Waals surface area contributed by atoms with Gasteiger partial charge < -0.3 is 19.7 Å². The molecule has 2 aliphatic rings. The zero-order valence-electron chi connectivity index (χ0n) is 18.0. The molecule has 0 spiro atoms. The zero-order chi connectivity index (χ0) is 22.5. The molecule has 0 fully saturated rings. The largest absolute Gasteiger partial charge is 0.506 e. The van der Waals surface area contributed by atoms with Crippen LogP contribution in [0, 0.1) is 5.92 Å². The number of Topliss-reactive ketones (excluding diaryl/α,β-unsaturated/α-hetero) is 1. The van der Waals surface area contributed by atoms with Gasteiger partial charge in [0.1, 0.15) is 34.5 Å². The second-order valence-corrected chi connectivity index (χ2v) is 8.79. The number of carbonyl (C=O) groups excluding carboxylic acids is 1. The van der Waals surface area contributed by atoms with Crippen LogP contribution in [0.15, 0.2) is 36.4 Å². The molecule has 2 heterocycles. The molecule has 2 aliphatic heterocycles. The molecule has 0 bridgehead atoms. The Hall–Kier alpha value is -3.28. The lowest BCUT2D eigenvalue weighted by Crippen LogP contribution is -2.36. The first-order valence-electron chi connectivity index (χ1n) is 10.4. The number of carbonyl (C=O) groups is 2. The molecule has 0 radical (unpaired) electrons. The van der Waals surface area contributed by atoms with Gasteiger partial charge in [-0.15, -0.1) is 0 Å². The highest BCUT2D eigenvalue weighted by Crippen LogP contribution is 2.54. The molecule has 6 heteroatoms. The minimum Gasteiger partial charge on any atom is -0.506 e. The van der Waals surface area contributed by atoms with E-state index in [2.05, 4.69) is 0 Å². The van der Waals surface area contributed by atoms with Gasteiger partial charge in [-0.2, -0.15) is 0 Å². The van der Waals surface area contributed by atoms with Crippen LogP contribution in [0.4, 0.5) is 0 Å². The van der Waals surface area contributed by atoms with Gasteiger partial charge in [-0.05, 0) is 38.5 Å². The number of phenolic OH excluding ortho intramolecular Hbond substituents is 1. The Morgan fingerprint density at radius 3 is 2.48 bits per heavy atom. The maximum atomic E-state index is 13.2. The molecule has 2 N–H and O–H groups in total. The Morgan fingerprint density at radius 1 is 1.16 bits per heavy atom. The quantitative estimate of drug-likeness (QED) is 0.736. The number of ketones is 1. The first-order chi connectivity index (χ1) is 14.6. The van der Waals surface area contributed by atoms with Crippen molar-refractivity contribution in [2.75, 3.05) is 0 Å². The summed E-state index contributed by atoms with van der Waals surface area (Å²) in [6.45, 7) is 7.30. The van der Waals surface area contributed by atoms with Crippen LogP contribution >= 0.6 is 0 Å². The lowest BCUT2D eigenvalue weighted by molar-refractivity contribution is -0.137. The van der Waals surface area contributed by atoms with Gasteiger partial charge in [-0.3, -0.25) is 9.59 Å². The minimum atomic E-state index is -0.987. The number of aliphatic carboxylic acids is 1. The van der Waals surface area contributed by atoms with E-state index >= 15 is 0 Å². The number of ether oxygens (including phenoxy) is 2. The van der Waals surface area contributed by atoms with Gasteiger partial charge in [0.25, 0.3) is 0 Å². The molecule has 0 aromatic heterocycles. The fourth-order valence-electron chi connectivity index (χ4n) is 4.22. The molecule has 0 amide bonds. The Kier molecular flexibility index (Phi) is 5.04. The second kappa shape index (κ2) is 7.45. The number of carboxylic acid groups (broad SMARTS) is 1. The van der Waals surface area contributed by atoms with Crippen molar-refractivity contribution in [3.63, 3.8) is 0 Å². The van der Waals surface area contributed by atoms with Crippen molar-refractivity contribution >= 4 is 17.8 Å². The fourth-order valence-corrected chi connectivity index (χ4v) is 4.22. The van der Waals surface area contributed by atoms with Crippen LogP contribution in [0.25, 0.3) is 6.08 Å². The standard InChI is InChI=1S/C25H26O6/c1-13-14(2)30-24-19(17(12-18(26)27)15-8-6-5-7-9-15)23-16(10-11-25(3,4)31-23)22(29)20(24)21(13)28/h5-11,13-14,17,29H,12H2,1-4H3,(H,26,27)/t13-,14+,17?/m1/s1. The first-order valence-corrected chi connectivity index (χ1v) is 10.4. The Balaban J connectivity index is 2.08. The third-order valence-corrected chi connectivity index (χ3v) is 6.07. The number of carboxylic acids is 1. The summed E-state index contributed by atoms with van der Waals surface area (Å²) in [6, 6.07) is 9.23. The van der Waals surface area contributed by atoms with E-state index in [4.69, 9.17) is 9.47 Å². The lowest BCUT2D eigenvalue weighted by Gasteiger charge is -2.37. The lowest BCUT2D eigenvalue weighted by atomic mass is 9.80. The predicted octanol–water partition coefficient (Wildman–Crippen LogP) is 4.78. The van der Waals surface area contributed by atoms with Gasteiger partial charge in [0.15, 0.2) is 5.78 Å². The highest BCUT2D eigenvalue weighted by molar-refractivity contribution is 6.06. The molecule has 2 aromatic carbocycles. The van der Waals surface area contributed by atoms with Gasteiger partial charge in [0.05, 0.1) is 17.9 Å². The molecule has 31 heavy (non-hydrogen) atoms. The molecule has 0 saturated carbocycles. The van der Waals surface area contributed by atoms with Gasteiger partial charge in [-0.1, -0.05) is 37.3 Å². The van der Waals surface area contributed by atoms with Crippen LogP contribution in [0.1, 0.15) is 67.1 Å². The smallest absolute Gasteiger partial charge is 0.304 e. The topological polar surface area (TPSA) is 93.1 Å². The van der Waals surface area contributed by atoms with Crippen LogP contribution in [0.3, 0.4) is 0 Å². The Labute approximate surface area is 181 Å². The average Bonchev–Trinajstić information content (AvgIpc) is 2.70.